The third-order valence-corrected chi connectivity index (χ3v) is 2.06. The Morgan fingerprint density at radius 2 is 2.18 bits per heavy atom. The molecule has 1 heterocycles. The predicted molar refractivity (Wildman–Crippen MR) is 62.7 cm³/mol. The Balaban J connectivity index is 2.08. The third-order valence-electron chi connectivity index (χ3n) is 1.78. The van der Waals surface area contributed by atoms with Crippen molar-refractivity contribution >= 4 is 23.1 Å². The second kappa shape index (κ2) is 5.26. The summed E-state index contributed by atoms with van der Waals surface area (Å²) in [6, 6.07) is 7.08. The molecule has 88 valence electrons. The molecule has 0 amide bonds. The fourth-order valence-electron chi connectivity index (χ4n) is 1.09. The molecule has 0 unspecified atom stereocenters. The first-order valence-corrected chi connectivity index (χ1v) is 5.22. The molecule has 0 saturated carbocycles. The molecule has 0 saturated heterocycles. The van der Waals surface area contributed by atoms with Crippen LogP contribution < -0.4 is 10.5 Å². The first-order chi connectivity index (χ1) is 8.28. The Morgan fingerprint density at radius 3 is 2.76 bits per heavy atom. The summed E-state index contributed by atoms with van der Waals surface area (Å²) in [6.45, 7) is 0. The van der Waals surface area contributed by atoms with E-state index in [0.717, 1.165) is 0 Å². The van der Waals surface area contributed by atoms with Gasteiger partial charge in [0.15, 0.2) is 0 Å². The average Bonchev–Trinajstić information content (AvgIpc) is 2.84. The van der Waals surface area contributed by atoms with Crippen molar-refractivity contribution in [3.8, 4) is 11.8 Å². The molecule has 0 fully saturated rings. The molecule has 1 aromatic heterocycles. The summed E-state index contributed by atoms with van der Waals surface area (Å²) in [5, 5.41) is 13.0. The molecule has 7 nitrogen and oxygen atoms in total. The zero-order valence-corrected chi connectivity index (χ0v) is 9.42. The maximum atomic E-state index is 5.52. The molecule has 0 aliphatic heterocycles. The maximum absolute atomic E-state index is 5.52. The number of nitrogens with two attached hydrogens (primary N) is 1. The van der Waals surface area contributed by atoms with Crippen LogP contribution >= 0.6 is 11.6 Å². The molecule has 0 aliphatic rings. The molecule has 0 bridgehead atoms. The topological polar surface area (TPSA) is 102 Å². The molecule has 1 aromatic carbocycles. The highest BCUT2D eigenvalue weighted by Gasteiger charge is 2.01. The van der Waals surface area contributed by atoms with Crippen LogP contribution in [0.25, 0.3) is 0 Å². The van der Waals surface area contributed by atoms with Gasteiger partial charge in [-0.2, -0.15) is 5.21 Å². The standard InChI is InChI=1S/C9H9ClN6O/c10-5-8(11)12-6-1-3-7(4-2-6)17-9-13-15-16-14-9/h1-4H,5H2,(H2,11,12)(H,13,14,15,16). The first kappa shape index (κ1) is 11.3. The molecule has 2 rings (SSSR count). The normalized spacial score (nSPS) is 11.5. The number of hydrogen-bond donors (Lipinski definition) is 2. The number of amidine groups is 1. The van der Waals surface area contributed by atoms with Crippen LogP contribution in [0.2, 0.25) is 0 Å². The van der Waals surface area contributed by atoms with Crippen molar-refractivity contribution in [2.24, 2.45) is 10.7 Å². The van der Waals surface area contributed by atoms with Gasteiger partial charge in [0.1, 0.15) is 11.6 Å². The number of aromatic amines is 1. The number of alkyl halides is 1. The van der Waals surface area contributed by atoms with Gasteiger partial charge in [-0.05, 0) is 29.5 Å². The van der Waals surface area contributed by atoms with E-state index in [4.69, 9.17) is 22.1 Å². The molecule has 8 heteroatoms. The van der Waals surface area contributed by atoms with Gasteiger partial charge in [-0.3, -0.25) is 0 Å². The van der Waals surface area contributed by atoms with Gasteiger partial charge in [-0.15, -0.1) is 11.6 Å². The van der Waals surface area contributed by atoms with E-state index in [1.165, 1.54) is 0 Å². The third kappa shape index (κ3) is 3.15. The lowest BCUT2D eigenvalue weighted by molar-refractivity contribution is 0.442. The SMILES string of the molecule is NC(CCl)=Nc1ccc(Oc2nn[nH]n2)cc1. The number of ether oxygens (including phenoxy) is 1. The number of nitrogens with one attached hydrogen (secondary N) is 1. The van der Waals surface area contributed by atoms with Crippen LogP contribution in [0, 0.1) is 0 Å². The van der Waals surface area contributed by atoms with Gasteiger partial charge >= 0.3 is 6.01 Å². The van der Waals surface area contributed by atoms with Crippen LogP contribution in [-0.4, -0.2) is 32.3 Å². The number of hydrogen-bond acceptors (Lipinski definition) is 5. The quantitative estimate of drug-likeness (QED) is 0.484. The molecule has 17 heavy (non-hydrogen) atoms. The van der Waals surface area contributed by atoms with Crippen molar-refractivity contribution in [3.63, 3.8) is 0 Å². The Hall–Kier alpha value is -2.15. The number of halogens is 1. The van der Waals surface area contributed by atoms with E-state index in [1.54, 1.807) is 24.3 Å². The number of tetrazole rings is 1. The fraction of sp³-hybridized carbons (Fsp3) is 0.111. The monoisotopic (exact) mass is 252 g/mol. The Bertz CT molecular complexity index is 495. The molecule has 0 radical (unpaired) electrons. The Morgan fingerprint density at radius 1 is 1.41 bits per heavy atom. The van der Waals surface area contributed by atoms with Crippen molar-refractivity contribution < 1.29 is 4.74 Å². The number of benzene rings is 1. The van der Waals surface area contributed by atoms with Crippen molar-refractivity contribution in [2.45, 2.75) is 0 Å². The summed E-state index contributed by atoms with van der Waals surface area (Å²) in [5.41, 5.74) is 6.20. The molecule has 0 spiro atoms. The highest BCUT2D eigenvalue weighted by atomic mass is 35.5. The molecule has 0 aliphatic carbocycles. The summed E-state index contributed by atoms with van der Waals surface area (Å²) < 4.78 is 5.28. The van der Waals surface area contributed by atoms with E-state index in [0.29, 0.717) is 17.3 Å². The first-order valence-electron chi connectivity index (χ1n) is 4.68. The van der Waals surface area contributed by atoms with E-state index >= 15 is 0 Å². The molecule has 3 N–H and O–H groups in total. The van der Waals surface area contributed by atoms with Crippen LogP contribution in [0.4, 0.5) is 5.69 Å². The van der Waals surface area contributed by atoms with E-state index in [9.17, 15) is 0 Å². The smallest absolute Gasteiger partial charge is 0.361 e. The minimum Gasteiger partial charge on any atom is -0.422 e. The lowest BCUT2D eigenvalue weighted by Crippen LogP contribution is -2.12. The number of aromatic nitrogens is 4. The van der Waals surface area contributed by atoms with Crippen LogP contribution in [0.3, 0.4) is 0 Å². The Labute approximate surface area is 102 Å². The van der Waals surface area contributed by atoms with Crippen molar-refractivity contribution in [2.75, 3.05) is 5.88 Å². The van der Waals surface area contributed by atoms with Gasteiger partial charge in [0.05, 0.1) is 11.6 Å². The van der Waals surface area contributed by atoms with E-state index in [-0.39, 0.29) is 11.9 Å². The number of H-pyrrole nitrogens is 1. The predicted octanol–water partition coefficient (Wildman–Crippen LogP) is 1.22. The molecular formula is C9H9ClN6O. The van der Waals surface area contributed by atoms with Gasteiger partial charge in [0.2, 0.25) is 0 Å². The second-order valence-corrected chi connectivity index (χ2v) is 3.29. The number of nitrogens with zero attached hydrogens (tertiary/aromatic N) is 4. The van der Waals surface area contributed by atoms with E-state index in [2.05, 4.69) is 25.6 Å². The van der Waals surface area contributed by atoms with Gasteiger partial charge in [-0.25, -0.2) is 4.99 Å². The highest BCUT2D eigenvalue weighted by Crippen LogP contribution is 2.21. The summed E-state index contributed by atoms with van der Waals surface area (Å²) in [6.07, 6.45) is 0. The lowest BCUT2D eigenvalue weighted by Gasteiger charge is -2.00. The van der Waals surface area contributed by atoms with Crippen LogP contribution in [0.5, 0.6) is 11.8 Å². The van der Waals surface area contributed by atoms with Crippen molar-refractivity contribution in [1.82, 2.24) is 20.6 Å². The minimum atomic E-state index is 0.154. The van der Waals surface area contributed by atoms with E-state index < -0.39 is 0 Å². The van der Waals surface area contributed by atoms with Gasteiger partial charge < -0.3 is 10.5 Å². The Kier molecular flexibility index (Phi) is 3.51. The van der Waals surface area contributed by atoms with Crippen LogP contribution in [0.15, 0.2) is 29.3 Å². The number of rotatable bonds is 4. The zero-order chi connectivity index (χ0) is 12.1. The number of aliphatic imine (C=N–C) groups is 1. The molecular weight excluding hydrogens is 244 g/mol. The highest BCUT2D eigenvalue weighted by molar-refractivity contribution is 6.28. The largest absolute Gasteiger partial charge is 0.422 e. The van der Waals surface area contributed by atoms with Crippen LogP contribution in [-0.2, 0) is 0 Å². The minimum absolute atomic E-state index is 0.154. The fourth-order valence-corrected chi connectivity index (χ4v) is 1.15. The lowest BCUT2D eigenvalue weighted by atomic mass is 10.3. The molecule has 2 aromatic rings. The summed E-state index contributed by atoms with van der Waals surface area (Å²) in [5.74, 6) is 1.13. The second-order valence-electron chi connectivity index (χ2n) is 3.03. The maximum Gasteiger partial charge on any atom is 0.361 e. The van der Waals surface area contributed by atoms with E-state index in [1.807, 2.05) is 0 Å². The summed E-state index contributed by atoms with van der Waals surface area (Å²) in [4.78, 5) is 4.07. The summed E-state index contributed by atoms with van der Waals surface area (Å²) in [7, 11) is 0. The van der Waals surface area contributed by atoms with Crippen molar-refractivity contribution in [1.29, 1.82) is 0 Å². The summed E-state index contributed by atoms with van der Waals surface area (Å²) >= 11 is 5.52. The average molecular weight is 253 g/mol. The van der Waals surface area contributed by atoms with Gasteiger partial charge in [-0.1, -0.05) is 10.2 Å². The molecule has 0 atom stereocenters. The van der Waals surface area contributed by atoms with Gasteiger partial charge in [0.25, 0.3) is 0 Å². The van der Waals surface area contributed by atoms with Gasteiger partial charge in [0, 0.05) is 0 Å². The zero-order valence-electron chi connectivity index (χ0n) is 8.67. The van der Waals surface area contributed by atoms with Crippen LogP contribution in [0.1, 0.15) is 0 Å². The van der Waals surface area contributed by atoms with Crippen molar-refractivity contribution in [3.05, 3.63) is 24.3 Å².